The molecule has 1 unspecified atom stereocenters. The number of carbonyl (C=O) groups excluding carboxylic acids is 1. The number of ketones is 1. The highest BCUT2D eigenvalue weighted by atomic mass is 32.1. The number of carbonyl (C=O) groups is 1. The number of thiazole rings is 1. The van der Waals surface area contributed by atoms with Crippen LogP contribution in [-0.4, -0.2) is 30.0 Å². The number of aromatic nitrogens is 1. The van der Waals surface area contributed by atoms with Crippen LogP contribution in [0.3, 0.4) is 0 Å². The predicted molar refractivity (Wildman–Crippen MR) is 56.8 cm³/mol. The highest BCUT2D eigenvalue weighted by molar-refractivity contribution is 7.09. The fourth-order valence-electron chi connectivity index (χ4n) is 1.99. The third-order valence-electron chi connectivity index (χ3n) is 3.05. The van der Waals surface area contributed by atoms with Crippen LogP contribution in [0.1, 0.15) is 11.3 Å². The lowest BCUT2D eigenvalue weighted by Gasteiger charge is -2.29. The van der Waals surface area contributed by atoms with Crippen molar-refractivity contribution in [3.63, 3.8) is 0 Å². The van der Waals surface area contributed by atoms with Gasteiger partial charge in [-0.3, -0.25) is 9.78 Å². The molecule has 1 N–H and O–H groups in total. The van der Waals surface area contributed by atoms with Gasteiger partial charge in [0.1, 0.15) is 5.41 Å². The van der Waals surface area contributed by atoms with Crippen molar-refractivity contribution >= 4 is 17.1 Å². The fourth-order valence-corrected chi connectivity index (χ4v) is 2.58. The van der Waals surface area contributed by atoms with Crippen molar-refractivity contribution in [2.75, 3.05) is 13.1 Å². The number of Topliss-reactive ketones (excluding diaryl/α,β-unsaturated/α-hetero) is 1. The number of alkyl halides is 3. The highest BCUT2D eigenvalue weighted by Gasteiger charge is 2.60. The van der Waals surface area contributed by atoms with E-state index in [-0.39, 0.29) is 25.9 Å². The van der Waals surface area contributed by atoms with Crippen molar-refractivity contribution in [2.24, 2.45) is 5.41 Å². The van der Waals surface area contributed by atoms with E-state index in [1.54, 1.807) is 0 Å². The van der Waals surface area contributed by atoms with E-state index >= 15 is 0 Å². The van der Waals surface area contributed by atoms with Gasteiger partial charge in [0.2, 0.25) is 0 Å². The second-order valence-corrected chi connectivity index (χ2v) is 5.05. The standard InChI is InChI=1S/C10H11F3N2OS/c11-10(12,13)9(1-2-14-5-9)8(16)3-7-4-15-6-17-7/h4,6,14H,1-3,5H2. The third kappa shape index (κ3) is 2.21. The van der Waals surface area contributed by atoms with E-state index < -0.39 is 17.4 Å². The Morgan fingerprint density at radius 3 is 2.82 bits per heavy atom. The van der Waals surface area contributed by atoms with Gasteiger partial charge in [-0.1, -0.05) is 0 Å². The molecule has 1 aliphatic rings. The van der Waals surface area contributed by atoms with E-state index in [0.29, 0.717) is 4.88 Å². The largest absolute Gasteiger partial charge is 0.402 e. The number of nitrogens with zero attached hydrogens (tertiary/aromatic N) is 1. The first kappa shape index (κ1) is 12.5. The molecule has 1 aliphatic heterocycles. The third-order valence-corrected chi connectivity index (χ3v) is 3.83. The second-order valence-electron chi connectivity index (χ2n) is 4.07. The molecule has 0 amide bonds. The first-order chi connectivity index (χ1) is 7.96. The molecular weight excluding hydrogens is 253 g/mol. The Kier molecular flexibility index (Phi) is 3.22. The van der Waals surface area contributed by atoms with Gasteiger partial charge in [-0.25, -0.2) is 0 Å². The Morgan fingerprint density at radius 2 is 2.35 bits per heavy atom. The zero-order valence-corrected chi connectivity index (χ0v) is 9.70. The van der Waals surface area contributed by atoms with Gasteiger partial charge in [0.05, 0.1) is 5.51 Å². The minimum atomic E-state index is -4.49. The van der Waals surface area contributed by atoms with Crippen molar-refractivity contribution in [3.05, 3.63) is 16.6 Å². The zero-order valence-electron chi connectivity index (χ0n) is 8.88. The molecule has 0 aromatic carbocycles. The maximum Gasteiger partial charge on any atom is 0.402 e. The number of rotatable bonds is 3. The van der Waals surface area contributed by atoms with E-state index in [4.69, 9.17) is 0 Å². The molecule has 0 saturated carbocycles. The molecule has 1 fully saturated rings. The maximum absolute atomic E-state index is 13.0. The maximum atomic E-state index is 13.0. The van der Waals surface area contributed by atoms with Crippen molar-refractivity contribution < 1.29 is 18.0 Å². The van der Waals surface area contributed by atoms with Crippen LogP contribution in [-0.2, 0) is 11.2 Å². The van der Waals surface area contributed by atoms with Gasteiger partial charge in [0, 0.05) is 24.0 Å². The average Bonchev–Trinajstić information content (AvgIpc) is 2.85. The summed E-state index contributed by atoms with van der Waals surface area (Å²) in [5, 5.41) is 2.63. The molecule has 7 heteroatoms. The van der Waals surface area contributed by atoms with E-state index in [2.05, 4.69) is 10.3 Å². The Bertz CT molecular complexity index is 396. The molecule has 1 atom stereocenters. The molecule has 1 aromatic rings. The van der Waals surface area contributed by atoms with E-state index in [1.165, 1.54) is 23.0 Å². The number of halogens is 3. The van der Waals surface area contributed by atoms with E-state index in [1.807, 2.05) is 0 Å². The minimum absolute atomic E-state index is 0.172. The average molecular weight is 264 g/mol. The van der Waals surface area contributed by atoms with Crippen LogP contribution >= 0.6 is 11.3 Å². The van der Waals surface area contributed by atoms with Crippen LogP contribution in [0, 0.1) is 5.41 Å². The van der Waals surface area contributed by atoms with Gasteiger partial charge >= 0.3 is 6.18 Å². The van der Waals surface area contributed by atoms with Crippen LogP contribution < -0.4 is 5.32 Å². The Hall–Kier alpha value is -0.950. The van der Waals surface area contributed by atoms with Crippen molar-refractivity contribution in [1.82, 2.24) is 10.3 Å². The molecule has 2 rings (SSSR count). The van der Waals surface area contributed by atoms with Gasteiger partial charge in [-0.2, -0.15) is 13.2 Å². The summed E-state index contributed by atoms with van der Waals surface area (Å²) in [5.74, 6) is -0.765. The molecular formula is C10H11F3N2OS. The summed E-state index contributed by atoms with van der Waals surface area (Å²) in [5.41, 5.74) is -0.702. The summed E-state index contributed by atoms with van der Waals surface area (Å²) in [6, 6.07) is 0. The van der Waals surface area contributed by atoms with E-state index in [0.717, 1.165) is 0 Å². The van der Waals surface area contributed by atoms with Gasteiger partial charge in [0.25, 0.3) is 0 Å². The van der Waals surface area contributed by atoms with Gasteiger partial charge in [0.15, 0.2) is 5.78 Å². The summed E-state index contributed by atoms with van der Waals surface area (Å²) >= 11 is 1.20. The Labute approximate surface area is 100 Å². The summed E-state index contributed by atoms with van der Waals surface area (Å²) in [4.78, 5) is 16.2. The normalized spacial score (nSPS) is 25.1. The highest BCUT2D eigenvalue weighted by Crippen LogP contribution is 2.44. The van der Waals surface area contributed by atoms with Gasteiger partial charge in [-0.05, 0) is 13.0 Å². The number of nitrogens with one attached hydrogen (secondary N) is 1. The van der Waals surface area contributed by atoms with Crippen LogP contribution in [0.15, 0.2) is 11.7 Å². The molecule has 1 saturated heterocycles. The number of hydrogen-bond acceptors (Lipinski definition) is 4. The topological polar surface area (TPSA) is 42.0 Å². The summed E-state index contributed by atoms with van der Waals surface area (Å²) in [6.45, 7) is -0.0813. The fraction of sp³-hybridized carbons (Fsp3) is 0.600. The molecule has 2 heterocycles. The summed E-state index contributed by atoms with van der Waals surface area (Å²) in [7, 11) is 0. The monoisotopic (exact) mass is 264 g/mol. The zero-order chi connectivity index (χ0) is 12.5. The summed E-state index contributed by atoms with van der Waals surface area (Å²) < 4.78 is 39.1. The first-order valence-corrected chi connectivity index (χ1v) is 6.02. The molecule has 1 aromatic heterocycles. The molecule has 0 aliphatic carbocycles. The summed E-state index contributed by atoms with van der Waals surface area (Å²) in [6.07, 6.45) is -3.41. The minimum Gasteiger partial charge on any atom is -0.315 e. The second kappa shape index (κ2) is 4.38. The molecule has 0 radical (unpaired) electrons. The van der Waals surface area contributed by atoms with Crippen LogP contribution in [0.5, 0.6) is 0 Å². The first-order valence-electron chi connectivity index (χ1n) is 5.14. The van der Waals surface area contributed by atoms with Crippen LogP contribution in [0.2, 0.25) is 0 Å². The van der Waals surface area contributed by atoms with Crippen molar-refractivity contribution in [3.8, 4) is 0 Å². The number of hydrogen-bond donors (Lipinski definition) is 1. The molecule has 94 valence electrons. The smallest absolute Gasteiger partial charge is 0.315 e. The molecule has 3 nitrogen and oxygen atoms in total. The van der Waals surface area contributed by atoms with Crippen LogP contribution in [0.4, 0.5) is 13.2 Å². The van der Waals surface area contributed by atoms with Crippen molar-refractivity contribution in [2.45, 2.75) is 19.0 Å². The lowest BCUT2D eigenvalue weighted by atomic mass is 9.80. The molecule has 0 bridgehead atoms. The molecule has 17 heavy (non-hydrogen) atoms. The lowest BCUT2D eigenvalue weighted by Crippen LogP contribution is -2.47. The van der Waals surface area contributed by atoms with Crippen LogP contribution in [0.25, 0.3) is 0 Å². The Balaban J connectivity index is 2.20. The SMILES string of the molecule is O=C(Cc1cncs1)C1(C(F)(F)F)CCNC1. The Morgan fingerprint density at radius 1 is 1.59 bits per heavy atom. The van der Waals surface area contributed by atoms with Gasteiger partial charge < -0.3 is 5.32 Å². The lowest BCUT2D eigenvalue weighted by molar-refractivity contribution is -0.214. The van der Waals surface area contributed by atoms with E-state index in [9.17, 15) is 18.0 Å². The van der Waals surface area contributed by atoms with Gasteiger partial charge in [-0.15, -0.1) is 11.3 Å². The predicted octanol–water partition coefficient (Wildman–Crippen LogP) is 1.80. The quantitative estimate of drug-likeness (QED) is 0.905. The molecule has 0 spiro atoms. The van der Waals surface area contributed by atoms with Crippen molar-refractivity contribution in [1.29, 1.82) is 0 Å².